The van der Waals surface area contributed by atoms with Crippen LogP contribution in [0.15, 0.2) is 18.2 Å². The number of ether oxygens (including phenoxy) is 1. The Balaban J connectivity index is 2.61. The Kier molecular flexibility index (Phi) is 5.13. The molecule has 0 fully saturated rings. The number of carbonyl (C=O) groups is 2. The first kappa shape index (κ1) is 14.8. The van der Waals surface area contributed by atoms with Gasteiger partial charge in [0.1, 0.15) is 11.5 Å². The topological polar surface area (TPSA) is 116 Å². The number of hydrogen-bond donors (Lipinski definition) is 4. The van der Waals surface area contributed by atoms with E-state index < -0.39 is 18.0 Å². The Morgan fingerprint density at radius 1 is 1.42 bits per heavy atom. The Morgan fingerprint density at radius 2 is 2.11 bits per heavy atom. The number of amides is 1. The SMILES string of the molecule is COc1ccc(O)c(C(=O)NCC[C@H](O)C(=O)O)c1. The predicted molar refractivity (Wildman–Crippen MR) is 65.3 cm³/mol. The maximum absolute atomic E-state index is 11.7. The minimum absolute atomic E-state index is 0.0177. The van der Waals surface area contributed by atoms with Gasteiger partial charge in [-0.3, -0.25) is 4.79 Å². The highest BCUT2D eigenvalue weighted by Gasteiger charge is 2.15. The summed E-state index contributed by atoms with van der Waals surface area (Å²) in [7, 11) is 1.43. The van der Waals surface area contributed by atoms with E-state index in [2.05, 4.69) is 5.32 Å². The van der Waals surface area contributed by atoms with Gasteiger partial charge in [0.05, 0.1) is 12.7 Å². The number of phenols is 1. The highest BCUT2D eigenvalue weighted by atomic mass is 16.5. The summed E-state index contributed by atoms with van der Waals surface area (Å²) in [5, 5.41) is 29.4. The Hall–Kier alpha value is -2.28. The molecule has 1 rings (SSSR count). The maximum atomic E-state index is 11.7. The van der Waals surface area contributed by atoms with Crippen LogP contribution in [0, 0.1) is 0 Å². The normalized spacial score (nSPS) is 11.7. The third kappa shape index (κ3) is 4.14. The number of nitrogens with one attached hydrogen (secondary N) is 1. The second kappa shape index (κ2) is 6.60. The molecule has 1 aromatic rings. The van der Waals surface area contributed by atoms with E-state index >= 15 is 0 Å². The van der Waals surface area contributed by atoms with Gasteiger partial charge in [0.2, 0.25) is 0 Å². The number of methoxy groups -OCH3 is 1. The molecule has 0 aliphatic carbocycles. The molecule has 0 radical (unpaired) electrons. The number of phenolic OH excluding ortho intramolecular Hbond substituents is 1. The molecule has 0 unspecified atom stereocenters. The van der Waals surface area contributed by atoms with Crippen LogP contribution in [0.1, 0.15) is 16.8 Å². The lowest BCUT2D eigenvalue weighted by molar-refractivity contribution is -0.146. The fraction of sp³-hybridized carbons (Fsp3) is 0.333. The number of aliphatic hydroxyl groups is 1. The van der Waals surface area contributed by atoms with E-state index in [0.717, 1.165) is 0 Å². The second-order valence-electron chi connectivity index (χ2n) is 3.78. The van der Waals surface area contributed by atoms with Crippen LogP contribution >= 0.6 is 0 Å². The summed E-state index contributed by atoms with van der Waals surface area (Å²) in [6.07, 6.45) is -1.65. The van der Waals surface area contributed by atoms with Gasteiger partial charge in [0.25, 0.3) is 5.91 Å². The highest BCUT2D eigenvalue weighted by molar-refractivity contribution is 5.97. The zero-order valence-corrected chi connectivity index (χ0v) is 10.3. The van der Waals surface area contributed by atoms with Crippen LogP contribution in [0.5, 0.6) is 11.5 Å². The molecule has 104 valence electrons. The number of rotatable bonds is 6. The zero-order valence-electron chi connectivity index (χ0n) is 10.3. The summed E-state index contributed by atoms with van der Waals surface area (Å²) in [5.74, 6) is -1.72. The van der Waals surface area contributed by atoms with Crippen molar-refractivity contribution in [3.05, 3.63) is 23.8 Å². The van der Waals surface area contributed by atoms with Crippen LogP contribution in [-0.2, 0) is 4.79 Å². The van der Waals surface area contributed by atoms with Crippen LogP contribution in [0.25, 0.3) is 0 Å². The lowest BCUT2D eigenvalue weighted by atomic mass is 10.1. The van der Waals surface area contributed by atoms with Crippen molar-refractivity contribution in [3.8, 4) is 11.5 Å². The molecular weight excluding hydrogens is 254 g/mol. The van der Waals surface area contributed by atoms with Crippen molar-refractivity contribution in [2.45, 2.75) is 12.5 Å². The summed E-state index contributed by atoms with van der Waals surface area (Å²) in [6.45, 7) is -0.0249. The highest BCUT2D eigenvalue weighted by Crippen LogP contribution is 2.22. The van der Waals surface area contributed by atoms with E-state index in [1.54, 1.807) is 0 Å². The van der Waals surface area contributed by atoms with Gasteiger partial charge in [0.15, 0.2) is 6.10 Å². The fourth-order valence-electron chi connectivity index (χ4n) is 1.37. The number of carboxylic acid groups (broad SMARTS) is 1. The smallest absolute Gasteiger partial charge is 0.332 e. The van der Waals surface area contributed by atoms with Crippen molar-refractivity contribution in [2.75, 3.05) is 13.7 Å². The van der Waals surface area contributed by atoms with Gasteiger partial charge in [-0.2, -0.15) is 0 Å². The Bertz CT molecular complexity index is 473. The number of aliphatic carboxylic acids is 1. The van der Waals surface area contributed by atoms with Gasteiger partial charge in [-0.25, -0.2) is 4.79 Å². The average molecular weight is 269 g/mol. The number of carboxylic acids is 1. The summed E-state index contributed by atoms with van der Waals surface area (Å²) >= 11 is 0. The molecular formula is C12H15NO6. The molecule has 0 aliphatic heterocycles. The minimum Gasteiger partial charge on any atom is -0.507 e. The monoisotopic (exact) mass is 269 g/mol. The van der Waals surface area contributed by atoms with Crippen molar-refractivity contribution in [1.29, 1.82) is 0 Å². The first-order chi connectivity index (χ1) is 8.95. The van der Waals surface area contributed by atoms with E-state index in [1.165, 1.54) is 25.3 Å². The molecule has 1 amide bonds. The molecule has 7 nitrogen and oxygen atoms in total. The Morgan fingerprint density at radius 3 is 2.68 bits per heavy atom. The fourth-order valence-corrected chi connectivity index (χ4v) is 1.37. The lowest BCUT2D eigenvalue weighted by Gasteiger charge is -2.09. The summed E-state index contributed by atoms with van der Waals surface area (Å²) in [4.78, 5) is 22.1. The van der Waals surface area contributed by atoms with Crippen molar-refractivity contribution >= 4 is 11.9 Å². The lowest BCUT2D eigenvalue weighted by Crippen LogP contribution is -2.30. The number of benzene rings is 1. The summed E-state index contributed by atoms with van der Waals surface area (Å²) < 4.78 is 4.93. The molecule has 19 heavy (non-hydrogen) atoms. The van der Waals surface area contributed by atoms with Crippen LogP contribution in [0.2, 0.25) is 0 Å². The molecule has 0 bridgehead atoms. The van der Waals surface area contributed by atoms with Crippen LogP contribution < -0.4 is 10.1 Å². The van der Waals surface area contributed by atoms with Crippen molar-refractivity contribution < 1.29 is 29.6 Å². The Labute approximate surface area is 109 Å². The third-order valence-electron chi connectivity index (χ3n) is 2.44. The van der Waals surface area contributed by atoms with Gasteiger partial charge in [-0.1, -0.05) is 0 Å². The van der Waals surface area contributed by atoms with E-state index in [9.17, 15) is 14.7 Å². The molecule has 0 saturated heterocycles. The maximum Gasteiger partial charge on any atom is 0.332 e. The third-order valence-corrected chi connectivity index (χ3v) is 2.44. The summed E-state index contributed by atoms with van der Waals surface area (Å²) in [5.41, 5.74) is 0.0177. The number of carbonyl (C=O) groups excluding carboxylic acids is 1. The van der Waals surface area contributed by atoms with E-state index in [-0.39, 0.29) is 24.3 Å². The molecule has 4 N–H and O–H groups in total. The standard InChI is InChI=1S/C12H15NO6/c1-19-7-2-3-9(14)8(6-7)11(16)13-5-4-10(15)12(17)18/h2-3,6,10,14-15H,4-5H2,1H3,(H,13,16)(H,17,18)/t10-/m0/s1. The van der Waals surface area contributed by atoms with Gasteiger partial charge in [-0.05, 0) is 18.2 Å². The van der Waals surface area contributed by atoms with Crippen molar-refractivity contribution in [3.63, 3.8) is 0 Å². The first-order valence-corrected chi connectivity index (χ1v) is 5.51. The molecule has 0 heterocycles. The molecule has 1 atom stereocenters. The quantitative estimate of drug-likeness (QED) is 0.576. The molecule has 0 saturated carbocycles. The van der Waals surface area contributed by atoms with Gasteiger partial charge in [0, 0.05) is 13.0 Å². The van der Waals surface area contributed by atoms with Crippen molar-refractivity contribution in [2.24, 2.45) is 0 Å². The zero-order chi connectivity index (χ0) is 14.4. The van der Waals surface area contributed by atoms with Gasteiger partial charge in [-0.15, -0.1) is 0 Å². The van der Waals surface area contributed by atoms with E-state index in [4.69, 9.17) is 14.9 Å². The molecule has 0 aromatic heterocycles. The predicted octanol–water partition coefficient (Wildman–Crippen LogP) is -0.0338. The second-order valence-corrected chi connectivity index (χ2v) is 3.78. The largest absolute Gasteiger partial charge is 0.507 e. The van der Waals surface area contributed by atoms with Gasteiger partial charge < -0.3 is 25.4 Å². The average Bonchev–Trinajstić information content (AvgIpc) is 2.38. The van der Waals surface area contributed by atoms with Gasteiger partial charge >= 0.3 is 5.97 Å². The molecule has 0 aliphatic rings. The van der Waals surface area contributed by atoms with Crippen LogP contribution in [0.3, 0.4) is 0 Å². The van der Waals surface area contributed by atoms with Crippen molar-refractivity contribution in [1.82, 2.24) is 5.32 Å². The van der Waals surface area contributed by atoms with Crippen LogP contribution in [0.4, 0.5) is 0 Å². The van der Waals surface area contributed by atoms with Crippen LogP contribution in [-0.4, -0.2) is 47.0 Å². The first-order valence-electron chi connectivity index (χ1n) is 5.51. The number of aliphatic hydroxyl groups excluding tert-OH is 1. The van der Waals surface area contributed by atoms with E-state index in [0.29, 0.717) is 5.75 Å². The molecule has 7 heteroatoms. The summed E-state index contributed by atoms with van der Waals surface area (Å²) in [6, 6.07) is 4.18. The number of aromatic hydroxyl groups is 1. The van der Waals surface area contributed by atoms with E-state index in [1.807, 2.05) is 0 Å². The molecule has 0 spiro atoms. The minimum atomic E-state index is -1.53. The number of hydrogen-bond acceptors (Lipinski definition) is 5. The molecule has 1 aromatic carbocycles.